The Morgan fingerprint density at radius 1 is 0.708 bits per heavy atom. The summed E-state index contributed by atoms with van der Waals surface area (Å²) in [5.41, 5.74) is 2.70. The summed E-state index contributed by atoms with van der Waals surface area (Å²) in [5.74, 6) is 0. The van der Waals surface area contributed by atoms with E-state index in [1.165, 1.54) is 32.7 Å². The Labute approximate surface area is 167 Å². The molecule has 24 heavy (non-hydrogen) atoms. The first-order valence-electron chi connectivity index (χ1n) is 7.34. The van der Waals surface area contributed by atoms with Gasteiger partial charge in [-0.1, -0.05) is 26.0 Å². The Hall–Kier alpha value is -0.660. The van der Waals surface area contributed by atoms with Gasteiger partial charge in [0.1, 0.15) is 0 Å². The largest absolute Gasteiger partial charge is 0 e. The van der Waals surface area contributed by atoms with Crippen molar-refractivity contribution < 1.29 is 20.8 Å². The van der Waals surface area contributed by atoms with Crippen molar-refractivity contribution in [2.24, 2.45) is 0 Å². The molecule has 4 rings (SSSR count). The second-order valence-electron chi connectivity index (χ2n) is 5.39. The van der Waals surface area contributed by atoms with Gasteiger partial charge in [-0.2, -0.15) is 12.1 Å². The molecule has 4 heteroatoms. The third-order valence-electron chi connectivity index (χ3n) is 3.52. The quantitative estimate of drug-likeness (QED) is 0.207. The number of halogens is 2. The van der Waals surface area contributed by atoms with Crippen molar-refractivity contribution in [3.8, 4) is 0 Å². The standard InChI is InChI=1S/2C10H9.2ClH.Si.Zr/c2*1-8-6-9-4-2-3-5-10(9)7-8;;;;/h2*2-7H,1H3;2*1H;;/q2*-1;;;;+4/p-2. The second-order valence-corrected chi connectivity index (χ2v) is 9.13. The molecule has 0 atom stereocenters. The normalized spacial score (nSPS) is 9.17. The molecule has 0 aromatic heterocycles. The van der Waals surface area contributed by atoms with Gasteiger partial charge in [-0.05, 0) is 0 Å². The maximum atomic E-state index is 4.93. The van der Waals surface area contributed by atoms with Crippen LogP contribution in [0.2, 0.25) is 0 Å². The number of fused-ring (bicyclic) bond motifs is 2. The minimum absolute atomic E-state index is 0. The molecular formula is C20H18Cl2SiZr. The Kier molecular flexibility index (Phi) is 9.85. The molecule has 0 heterocycles. The fourth-order valence-electron chi connectivity index (χ4n) is 2.61. The molecule has 0 nitrogen and oxygen atoms in total. The van der Waals surface area contributed by atoms with Crippen LogP contribution in [0.5, 0.6) is 0 Å². The van der Waals surface area contributed by atoms with Crippen LogP contribution in [0.15, 0.2) is 72.8 Å². The molecule has 0 amide bonds. The van der Waals surface area contributed by atoms with Crippen LogP contribution in [0, 0.1) is 13.8 Å². The summed E-state index contributed by atoms with van der Waals surface area (Å²) in [7, 11) is 9.87. The maximum absolute atomic E-state index is 4.93. The van der Waals surface area contributed by atoms with Crippen molar-refractivity contribution in [2.45, 2.75) is 13.8 Å². The second kappa shape index (κ2) is 11.1. The fraction of sp³-hybridized carbons (Fsp3) is 0.100. The summed E-state index contributed by atoms with van der Waals surface area (Å²) in [6, 6.07) is 25.7. The van der Waals surface area contributed by atoms with Crippen LogP contribution in [-0.2, 0) is 20.8 Å². The van der Waals surface area contributed by atoms with E-state index >= 15 is 0 Å². The van der Waals surface area contributed by atoms with Crippen LogP contribution in [0.3, 0.4) is 0 Å². The summed E-state index contributed by atoms with van der Waals surface area (Å²) >= 11 is -0.826. The molecule has 0 aliphatic rings. The van der Waals surface area contributed by atoms with Crippen molar-refractivity contribution in [3.63, 3.8) is 0 Å². The number of hydrogen-bond acceptors (Lipinski definition) is 0. The molecule has 0 spiro atoms. The van der Waals surface area contributed by atoms with Crippen molar-refractivity contribution in [1.29, 1.82) is 0 Å². The predicted octanol–water partition coefficient (Wildman–Crippen LogP) is 6.73. The molecule has 120 valence electrons. The molecule has 4 aromatic rings. The molecule has 4 radical (unpaired) electrons. The predicted molar refractivity (Wildman–Crippen MR) is 106 cm³/mol. The third kappa shape index (κ3) is 6.33. The fourth-order valence-corrected chi connectivity index (χ4v) is 2.61. The Bertz CT molecular complexity index is 726. The molecule has 0 fully saturated rings. The van der Waals surface area contributed by atoms with Crippen LogP contribution in [0.4, 0.5) is 0 Å². The van der Waals surface area contributed by atoms with Gasteiger partial charge in [-0.15, -0.1) is 81.2 Å². The number of hydrogen-bond donors (Lipinski definition) is 0. The molecule has 4 aromatic carbocycles. The van der Waals surface area contributed by atoms with E-state index in [1.807, 2.05) is 0 Å². The first-order chi connectivity index (χ1) is 11.1. The smallest absolute Gasteiger partial charge is 0 e. The van der Waals surface area contributed by atoms with E-state index in [9.17, 15) is 0 Å². The molecule has 0 unspecified atom stereocenters. The molecule has 0 aliphatic heterocycles. The van der Waals surface area contributed by atoms with Crippen molar-refractivity contribution in [1.82, 2.24) is 0 Å². The molecule has 0 bridgehead atoms. The van der Waals surface area contributed by atoms with Crippen molar-refractivity contribution in [2.75, 3.05) is 0 Å². The van der Waals surface area contributed by atoms with Gasteiger partial charge in [-0.25, -0.2) is 0 Å². The van der Waals surface area contributed by atoms with E-state index in [0.717, 1.165) is 0 Å². The zero-order chi connectivity index (χ0) is 16.7. The number of rotatable bonds is 0. The van der Waals surface area contributed by atoms with Gasteiger partial charge in [0, 0.05) is 11.0 Å². The van der Waals surface area contributed by atoms with Gasteiger partial charge in [-0.3, -0.25) is 0 Å². The van der Waals surface area contributed by atoms with E-state index in [0.29, 0.717) is 0 Å². The van der Waals surface area contributed by atoms with Gasteiger partial charge in [0.05, 0.1) is 0 Å². The van der Waals surface area contributed by atoms with Gasteiger partial charge < -0.3 is 0 Å². The van der Waals surface area contributed by atoms with E-state index in [-0.39, 0.29) is 11.0 Å². The minimum Gasteiger partial charge on any atom is 0 e. The maximum Gasteiger partial charge on any atom is 0 e. The first kappa shape index (κ1) is 21.4. The van der Waals surface area contributed by atoms with Gasteiger partial charge >= 0.3 is 37.9 Å². The van der Waals surface area contributed by atoms with Crippen molar-refractivity contribution >= 4 is 49.5 Å². The van der Waals surface area contributed by atoms with Gasteiger partial charge in [0.15, 0.2) is 0 Å². The SMILES string of the molecule is Cc1cc2ccccc2[cH-]1.Cc1cc2ccccc2[cH-]1.[Cl][Zr+2][Cl].[Si]. The van der Waals surface area contributed by atoms with E-state index < -0.39 is 20.8 Å². The topological polar surface area (TPSA) is 0 Å². The Morgan fingerprint density at radius 2 is 1.04 bits per heavy atom. The average molecular weight is 449 g/mol. The van der Waals surface area contributed by atoms with Crippen LogP contribution in [0.1, 0.15) is 11.1 Å². The zero-order valence-electron chi connectivity index (χ0n) is 13.7. The minimum atomic E-state index is -0.826. The molecule has 0 N–H and O–H groups in total. The molecule has 0 saturated heterocycles. The summed E-state index contributed by atoms with van der Waals surface area (Å²) in [6.45, 7) is 4.25. The number of benzene rings is 2. The zero-order valence-corrected chi connectivity index (χ0v) is 18.7. The summed E-state index contributed by atoms with van der Waals surface area (Å²) in [5, 5.41) is 5.39. The number of aryl methyl sites for hydroxylation is 2. The molecular weight excluding hydrogens is 430 g/mol. The van der Waals surface area contributed by atoms with Crippen molar-refractivity contribution in [3.05, 3.63) is 83.9 Å². The van der Waals surface area contributed by atoms with Crippen LogP contribution >= 0.6 is 17.0 Å². The third-order valence-corrected chi connectivity index (χ3v) is 3.52. The van der Waals surface area contributed by atoms with E-state index in [1.54, 1.807) is 0 Å². The Morgan fingerprint density at radius 3 is 1.38 bits per heavy atom. The van der Waals surface area contributed by atoms with Crippen LogP contribution in [0.25, 0.3) is 21.5 Å². The van der Waals surface area contributed by atoms with E-state index in [4.69, 9.17) is 17.0 Å². The first-order valence-corrected chi connectivity index (χ1v) is 13.7. The molecule has 0 aliphatic carbocycles. The summed E-state index contributed by atoms with van der Waals surface area (Å²) < 4.78 is 0. The van der Waals surface area contributed by atoms with Gasteiger partial charge in [0.2, 0.25) is 0 Å². The summed E-state index contributed by atoms with van der Waals surface area (Å²) in [6.07, 6.45) is 0. The van der Waals surface area contributed by atoms with Crippen LogP contribution < -0.4 is 0 Å². The van der Waals surface area contributed by atoms with Gasteiger partial charge in [0.25, 0.3) is 0 Å². The Balaban J connectivity index is 0.000000200. The monoisotopic (exact) mass is 446 g/mol. The summed E-state index contributed by atoms with van der Waals surface area (Å²) in [4.78, 5) is 0. The average Bonchev–Trinajstić information content (AvgIpc) is 3.08. The van der Waals surface area contributed by atoms with Crippen LogP contribution in [-0.4, -0.2) is 11.0 Å². The molecule has 0 saturated carbocycles. The van der Waals surface area contributed by atoms with E-state index in [2.05, 4.69) is 86.6 Å².